The lowest BCUT2D eigenvalue weighted by Crippen LogP contribution is -2.35. The van der Waals surface area contributed by atoms with Crippen LogP contribution in [-0.2, 0) is 14.3 Å². The van der Waals surface area contributed by atoms with Crippen LogP contribution in [0.15, 0.2) is 42.5 Å². The quantitative estimate of drug-likeness (QED) is 0.761. The lowest BCUT2D eigenvalue weighted by Gasteiger charge is -2.23. The average Bonchev–Trinajstić information content (AvgIpc) is 3.34. The van der Waals surface area contributed by atoms with Gasteiger partial charge in [-0.25, -0.2) is 0 Å². The van der Waals surface area contributed by atoms with Crippen molar-refractivity contribution in [2.45, 2.75) is 32.8 Å². The number of esters is 1. The number of carbonyl (C=O) groups is 3. The second-order valence-electron chi connectivity index (χ2n) is 8.71. The number of ether oxygens (including phenoxy) is 1. The van der Waals surface area contributed by atoms with Gasteiger partial charge in [-0.15, -0.1) is 0 Å². The Hall–Kier alpha value is -3.15. The molecule has 2 aromatic carbocycles. The van der Waals surface area contributed by atoms with Gasteiger partial charge in [0.05, 0.1) is 11.8 Å². The maximum absolute atomic E-state index is 12.9. The van der Waals surface area contributed by atoms with E-state index in [1.165, 1.54) is 0 Å². The molecule has 154 valence electrons. The molecule has 1 aliphatic heterocycles. The van der Waals surface area contributed by atoms with E-state index < -0.39 is 0 Å². The maximum Gasteiger partial charge on any atom is 0.310 e. The summed E-state index contributed by atoms with van der Waals surface area (Å²) in [5, 5.41) is 5.89. The molecule has 0 spiro atoms. The molecular formula is C24H24N2O4. The first kappa shape index (κ1) is 18.9. The molecule has 5 atom stereocenters. The molecule has 0 unspecified atom stereocenters. The molecule has 1 heterocycles. The highest BCUT2D eigenvalue weighted by atomic mass is 16.6. The molecule has 6 nitrogen and oxygen atoms in total. The molecule has 3 aliphatic rings. The topological polar surface area (TPSA) is 84.5 Å². The molecule has 30 heavy (non-hydrogen) atoms. The minimum atomic E-state index is -0.312. The van der Waals surface area contributed by atoms with Crippen molar-refractivity contribution < 1.29 is 19.1 Å². The summed E-state index contributed by atoms with van der Waals surface area (Å²) in [6, 6.07) is 12.7. The van der Waals surface area contributed by atoms with Gasteiger partial charge in [0.25, 0.3) is 5.91 Å². The van der Waals surface area contributed by atoms with E-state index in [0.717, 1.165) is 29.7 Å². The number of rotatable bonds is 4. The van der Waals surface area contributed by atoms with Crippen molar-refractivity contribution in [2.75, 3.05) is 10.6 Å². The molecule has 2 N–H and O–H groups in total. The van der Waals surface area contributed by atoms with Gasteiger partial charge in [0.15, 0.2) is 0 Å². The van der Waals surface area contributed by atoms with E-state index in [4.69, 9.17) is 4.74 Å². The van der Waals surface area contributed by atoms with Crippen molar-refractivity contribution in [1.82, 2.24) is 0 Å². The van der Waals surface area contributed by atoms with Crippen LogP contribution in [0.25, 0.3) is 0 Å². The monoisotopic (exact) mass is 404 g/mol. The molecule has 2 amide bonds. The summed E-state index contributed by atoms with van der Waals surface area (Å²) in [4.78, 5) is 37.6. The largest absolute Gasteiger partial charge is 0.462 e. The zero-order valence-electron chi connectivity index (χ0n) is 17.0. The zero-order chi connectivity index (χ0) is 21.0. The van der Waals surface area contributed by atoms with Crippen molar-refractivity contribution in [3.05, 3.63) is 59.2 Å². The summed E-state index contributed by atoms with van der Waals surface area (Å²) in [5.74, 6) is -0.725. The summed E-state index contributed by atoms with van der Waals surface area (Å²) in [6.45, 7) is 3.92. The van der Waals surface area contributed by atoms with Crippen LogP contribution in [0.4, 0.5) is 11.4 Å². The number of anilines is 2. The summed E-state index contributed by atoms with van der Waals surface area (Å²) >= 11 is 0. The van der Waals surface area contributed by atoms with Crippen LogP contribution in [0.3, 0.4) is 0 Å². The Morgan fingerprint density at radius 1 is 0.967 bits per heavy atom. The van der Waals surface area contributed by atoms with Crippen LogP contribution < -0.4 is 10.6 Å². The van der Waals surface area contributed by atoms with Crippen molar-refractivity contribution in [3.8, 4) is 0 Å². The third kappa shape index (κ3) is 2.98. The molecule has 6 heteroatoms. The van der Waals surface area contributed by atoms with Crippen LogP contribution in [-0.4, -0.2) is 23.9 Å². The third-order valence-electron chi connectivity index (χ3n) is 6.92. The van der Waals surface area contributed by atoms with Crippen LogP contribution in [0.1, 0.15) is 34.3 Å². The van der Waals surface area contributed by atoms with Gasteiger partial charge in [-0.05, 0) is 68.0 Å². The Kier molecular flexibility index (Phi) is 4.38. The molecule has 2 saturated carbocycles. The summed E-state index contributed by atoms with van der Waals surface area (Å²) in [6.07, 6.45) is 1.71. The number of aryl methyl sites for hydroxylation is 2. The Bertz CT molecular complexity index is 1020. The van der Waals surface area contributed by atoms with Gasteiger partial charge in [-0.3, -0.25) is 14.4 Å². The number of amides is 2. The van der Waals surface area contributed by atoms with Crippen molar-refractivity contribution >= 4 is 29.2 Å². The minimum Gasteiger partial charge on any atom is -0.462 e. The van der Waals surface area contributed by atoms with E-state index in [-0.39, 0.29) is 47.6 Å². The normalized spacial score (nSPS) is 28.3. The number of para-hydroxylation sites is 1. The van der Waals surface area contributed by atoms with E-state index in [0.29, 0.717) is 11.3 Å². The first-order valence-corrected chi connectivity index (χ1v) is 10.4. The highest BCUT2D eigenvalue weighted by molar-refractivity contribution is 6.05. The second kappa shape index (κ2) is 6.97. The predicted molar refractivity (Wildman–Crippen MR) is 112 cm³/mol. The SMILES string of the molecule is Cc1cccc(C)c1NC(=O)c1ccc(NC(=O)[C@@H]2[C@@H]3C[C@@H]4[C@H]2C(=O)O[C@@H]4C3)cc1. The van der Waals surface area contributed by atoms with Gasteiger partial charge in [0.1, 0.15) is 6.10 Å². The van der Waals surface area contributed by atoms with Gasteiger partial charge in [0, 0.05) is 22.9 Å². The van der Waals surface area contributed by atoms with Crippen LogP contribution in [0, 0.1) is 37.5 Å². The van der Waals surface area contributed by atoms with Gasteiger partial charge in [-0.2, -0.15) is 0 Å². The van der Waals surface area contributed by atoms with Crippen molar-refractivity contribution in [2.24, 2.45) is 23.7 Å². The van der Waals surface area contributed by atoms with E-state index >= 15 is 0 Å². The summed E-state index contributed by atoms with van der Waals surface area (Å²) in [5.41, 5.74) is 3.96. The number of benzene rings is 2. The Balaban J connectivity index is 1.26. The van der Waals surface area contributed by atoms with Crippen molar-refractivity contribution in [1.29, 1.82) is 0 Å². The third-order valence-corrected chi connectivity index (χ3v) is 6.92. The Morgan fingerprint density at radius 2 is 1.67 bits per heavy atom. The second-order valence-corrected chi connectivity index (χ2v) is 8.71. The fraction of sp³-hybridized carbons (Fsp3) is 0.375. The van der Waals surface area contributed by atoms with Crippen LogP contribution >= 0.6 is 0 Å². The fourth-order valence-corrected chi connectivity index (χ4v) is 5.49. The number of nitrogens with one attached hydrogen (secondary N) is 2. The van der Waals surface area contributed by atoms with E-state index in [9.17, 15) is 14.4 Å². The van der Waals surface area contributed by atoms with Gasteiger partial charge >= 0.3 is 5.97 Å². The Morgan fingerprint density at radius 3 is 2.37 bits per heavy atom. The Labute approximate surface area is 175 Å². The first-order chi connectivity index (χ1) is 14.4. The van der Waals surface area contributed by atoms with E-state index in [1.54, 1.807) is 24.3 Å². The summed E-state index contributed by atoms with van der Waals surface area (Å²) in [7, 11) is 0. The lowest BCUT2D eigenvalue weighted by molar-refractivity contribution is -0.145. The van der Waals surface area contributed by atoms with Gasteiger partial charge < -0.3 is 15.4 Å². The van der Waals surface area contributed by atoms with E-state index in [2.05, 4.69) is 10.6 Å². The molecule has 5 rings (SSSR count). The number of fused-ring (bicyclic) bond motifs is 1. The summed E-state index contributed by atoms with van der Waals surface area (Å²) < 4.78 is 5.41. The minimum absolute atomic E-state index is 0.0197. The highest BCUT2D eigenvalue weighted by Gasteiger charge is 2.63. The van der Waals surface area contributed by atoms with Gasteiger partial charge in [-0.1, -0.05) is 18.2 Å². The zero-order valence-corrected chi connectivity index (χ0v) is 17.0. The van der Waals surface area contributed by atoms with Crippen LogP contribution in [0.2, 0.25) is 0 Å². The number of hydrogen-bond donors (Lipinski definition) is 2. The lowest BCUT2D eigenvalue weighted by atomic mass is 9.79. The molecule has 0 radical (unpaired) electrons. The average molecular weight is 404 g/mol. The molecular weight excluding hydrogens is 380 g/mol. The number of carbonyl (C=O) groups excluding carboxylic acids is 3. The standard InChI is InChI=1S/C24H24N2O4/c1-12-4-3-5-13(2)21(12)26-22(27)14-6-8-16(9-7-14)25-23(28)19-15-10-17-18(11-15)30-24(29)20(17)19/h3-9,15,17-20H,10-11H2,1-2H3,(H,25,28)(H,26,27)/t15-,17+,18-,19-,20-/m1/s1. The molecule has 2 aliphatic carbocycles. The maximum atomic E-state index is 12.9. The van der Waals surface area contributed by atoms with Crippen LogP contribution in [0.5, 0.6) is 0 Å². The first-order valence-electron chi connectivity index (χ1n) is 10.4. The van der Waals surface area contributed by atoms with Crippen molar-refractivity contribution in [3.63, 3.8) is 0 Å². The smallest absolute Gasteiger partial charge is 0.310 e. The highest BCUT2D eigenvalue weighted by Crippen LogP contribution is 2.57. The molecule has 2 aromatic rings. The fourth-order valence-electron chi connectivity index (χ4n) is 5.49. The molecule has 1 saturated heterocycles. The molecule has 0 aromatic heterocycles. The van der Waals surface area contributed by atoms with E-state index in [1.807, 2.05) is 32.0 Å². The molecule has 2 bridgehead atoms. The number of hydrogen-bond acceptors (Lipinski definition) is 4. The molecule has 3 fully saturated rings. The predicted octanol–water partition coefficient (Wildman–Crippen LogP) is 3.69. The van der Waals surface area contributed by atoms with Gasteiger partial charge in [0.2, 0.25) is 5.91 Å².